The van der Waals surface area contributed by atoms with Gasteiger partial charge in [0.1, 0.15) is 12.2 Å². The first-order chi connectivity index (χ1) is 18.3. The highest BCUT2D eigenvalue weighted by Crippen LogP contribution is 2.35. The Morgan fingerprint density at radius 1 is 0.923 bits per heavy atom. The third kappa shape index (κ3) is 7.24. The smallest absolute Gasteiger partial charge is 0.348 e. The number of phenols is 2. The molecule has 0 aromatic heterocycles. The van der Waals surface area contributed by atoms with Crippen molar-refractivity contribution in [2.75, 3.05) is 0 Å². The molecule has 0 unspecified atom stereocenters. The highest BCUT2D eigenvalue weighted by Gasteiger charge is 2.54. The second kappa shape index (κ2) is 12.1. The Morgan fingerprint density at radius 2 is 1.54 bits per heavy atom. The number of aryl methyl sites for hydroxylation is 1. The minimum Gasteiger partial charge on any atom is -0.504 e. The molecule has 10 heteroatoms. The Balaban J connectivity index is 1.72. The van der Waals surface area contributed by atoms with Gasteiger partial charge in [0.05, 0.1) is 6.10 Å². The van der Waals surface area contributed by atoms with E-state index in [1.165, 1.54) is 35.9 Å². The SMILES string of the molecule is Cc1cc(/C=C/C(=O)O[C@@H]2C[C@@](OC(=O)/C=C/c3ccc(O)c(O)c3)(C(=O)O)C[C@@H](O)[C@@H]2O)ccc1C(C)C. The van der Waals surface area contributed by atoms with Gasteiger partial charge in [0.25, 0.3) is 0 Å². The summed E-state index contributed by atoms with van der Waals surface area (Å²) in [5, 5.41) is 49.6. The van der Waals surface area contributed by atoms with E-state index in [2.05, 4.69) is 13.8 Å². The van der Waals surface area contributed by atoms with Gasteiger partial charge in [-0.3, -0.25) is 0 Å². The van der Waals surface area contributed by atoms with Crippen molar-refractivity contribution in [1.29, 1.82) is 0 Å². The number of carboxylic acid groups (broad SMARTS) is 1. The molecular weight excluding hydrogens is 508 g/mol. The second-order valence-electron chi connectivity index (χ2n) is 9.85. The summed E-state index contributed by atoms with van der Waals surface area (Å²) < 4.78 is 10.5. The van der Waals surface area contributed by atoms with Crippen LogP contribution in [0.15, 0.2) is 48.6 Å². The number of phenolic OH excluding ortho intramolecular Hbond substituents is 2. The van der Waals surface area contributed by atoms with Crippen LogP contribution >= 0.6 is 0 Å². The van der Waals surface area contributed by atoms with Crippen LogP contribution in [0.1, 0.15) is 54.9 Å². The van der Waals surface area contributed by atoms with E-state index in [0.717, 1.165) is 23.3 Å². The summed E-state index contributed by atoms with van der Waals surface area (Å²) >= 11 is 0. The normalized spacial score (nSPS) is 23.3. The zero-order chi connectivity index (χ0) is 28.9. The fourth-order valence-corrected chi connectivity index (χ4v) is 4.49. The summed E-state index contributed by atoms with van der Waals surface area (Å²) in [5.74, 6) is -3.99. The Bertz CT molecular complexity index is 1290. The molecule has 0 heterocycles. The fraction of sp³-hybridized carbons (Fsp3) is 0.345. The minimum atomic E-state index is -2.28. The summed E-state index contributed by atoms with van der Waals surface area (Å²) in [6.45, 7) is 6.11. The van der Waals surface area contributed by atoms with Crippen molar-refractivity contribution in [1.82, 2.24) is 0 Å². The standard InChI is InChI=1S/C29H32O10/c1-16(2)20-8-4-18(12-17(20)3)6-10-25(33)38-24-15-29(28(36)37,14-23(32)27(24)35)39-26(34)11-7-19-5-9-21(30)22(31)13-19/h4-13,16,23-24,27,30-32,35H,14-15H2,1-3H3,(H,36,37)/b10-6+,11-7+/t23-,24-,27+,29-/m1/s1. The molecule has 0 saturated heterocycles. The van der Waals surface area contributed by atoms with Gasteiger partial charge in [-0.1, -0.05) is 38.1 Å². The molecule has 0 spiro atoms. The summed E-state index contributed by atoms with van der Waals surface area (Å²) in [6, 6.07) is 9.48. The van der Waals surface area contributed by atoms with Gasteiger partial charge < -0.3 is 35.0 Å². The van der Waals surface area contributed by atoms with Crippen LogP contribution in [0.25, 0.3) is 12.2 Å². The number of esters is 2. The van der Waals surface area contributed by atoms with Gasteiger partial charge in [-0.05, 0) is 59.4 Å². The Morgan fingerprint density at radius 3 is 2.13 bits per heavy atom. The van der Waals surface area contributed by atoms with Crippen molar-refractivity contribution in [3.8, 4) is 11.5 Å². The number of aliphatic hydroxyl groups is 2. The molecule has 1 fully saturated rings. The van der Waals surface area contributed by atoms with Crippen LogP contribution in [-0.4, -0.2) is 67.4 Å². The third-order valence-corrected chi connectivity index (χ3v) is 6.54. The van der Waals surface area contributed by atoms with E-state index in [1.54, 1.807) is 0 Å². The number of aliphatic hydroxyl groups excluding tert-OH is 2. The van der Waals surface area contributed by atoms with Gasteiger partial charge in [0.15, 0.2) is 11.5 Å². The van der Waals surface area contributed by atoms with E-state index in [9.17, 15) is 39.9 Å². The van der Waals surface area contributed by atoms with E-state index < -0.39 is 60.4 Å². The summed E-state index contributed by atoms with van der Waals surface area (Å²) in [5.41, 5.74) is 0.995. The van der Waals surface area contributed by atoms with Crippen molar-refractivity contribution < 1.29 is 49.4 Å². The maximum absolute atomic E-state index is 12.5. The molecule has 2 aromatic carbocycles. The average Bonchev–Trinajstić information content (AvgIpc) is 2.86. The average molecular weight is 541 g/mol. The van der Waals surface area contributed by atoms with E-state index in [4.69, 9.17) is 9.47 Å². The molecule has 10 nitrogen and oxygen atoms in total. The number of aliphatic carboxylic acids is 1. The molecule has 1 saturated carbocycles. The lowest BCUT2D eigenvalue weighted by Gasteiger charge is -2.41. The van der Waals surface area contributed by atoms with Crippen LogP contribution in [0, 0.1) is 6.92 Å². The Hall–Kier alpha value is -4.15. The summed E-state index contributed by atoms with van der Waals surface area (Å²) in [7, 11) is 0. The highest BCUT2D eigenvalue weighted by molar-refractivity contribution is 5.91. The number of carboxylic acids is 1. The molecule has 0 bridgehead atoms. The van der Waals surface area contributed by atoms with Crippen LogP contribution < -0.4 is 0 Å². The lowest BCUT2D eigenvalue weighted by molar-refractivity contribution is -0.207. The lowest BCUT2D eigenvalue weighted by Crippen LogP contribution is -2.58. The molecule has 1 aliphatic carbocycles. The molecule has 0 amide bonds. The molecule has 4 atom stereocenters. The first-order valence-corrected chi connectivity index (χ1v) is 12.3. The molecule has 0 radical (unpaired) electrons. The number of hydrogen-bond donors (Lipinski definition) is 5. The Labute approximate surface area is 225 Å². The van der Waals surface area contributed by atoms with E-state index in [1.807, 2.05) is 25.1 Å². The quantitative estimate of drug-likeness (QED) is 0.190. The van der Waals surface area contributed by atoms with Crippen molar-refractivity contribution in [3.63, 3.8) is 0 Å². The van der Waals surface area contributed by atoms with Crippen LogP contribution in [0.3, 0.4) is 0 Å². The molecule has 208 valence electrons. The number of carbonyl (C=O) groups excluding carboxylic acids is 2. The van der Waals surface area contributed by atoms with Gasteiger partial charge >= 0.3 is 17.9 Å². The molecule has 39 heavy (non-hydrogen) atoms. The van der Waals surface area contributed by atoms with Gasteiger partial charge in [-0.15, -0.1) is 0 Å². The zero-order valence-electron chi connectivity index (χ0n) is 21.8. The summed E-state index contributed by atoms with van der Waals surface area (Å²) in [6.07, 6.45) is -1.18. The number of rotatable bonds is 8. The maximum Gasteiger partial charge on any atom is 0.348 e. The van der Waals surface area contributed by atoms with E-state index in [-0.39, 0.29) is 5.75 Å². The second-order valence-corrected chi connectivity index (χ2v) is 9.85. The summed E-state index contributed by atoms with van der Waals surface area (Å²) in [4.78, 5) is 37.1. The van der Waals surface area contributed by atoms with Crippen molar-refractivity contribution in [3.05, 3.63) is 70.8 Å². The number of ether oxygens (including phenoxy) is 2. The number of aromatic hydroxyl groups is 2. The van der Waals surface area contributed by atoms with Crippen LogP contribution in [0.2, 0.25) is 0 Å². The molecule has 2 aromatic rings. The first kappa shape index (κ1) is 29.4. The van der Waals surface area contributed by atoms with Gasteiger partial charge in [-0.2, -0.15) is 0 Å². The third-order valence-electron chi connectivity index (χ3n) is 6.54. The van der Waals surface area contributed by atoms with Crippen LogP contribution in [-0.2, 0) is 23.9 Å². The lowest BCUT2D eigenvalue weighted by atomic mass is 9.79. The van der Waals surface area contributed by atoms with E-state index in [0.29, 0.717) is 11.5 Å². The molecule has 1 aliphatic rings. The number of hydrogen-bond acceptors (Lipinski definition) is 9. The van der Waals surface area contributed by atoms with E-state index >= 15 is 0 Å². The predicted octanol–water partition coefficient (Wildman–Crippen LogP) is 3.05. The van der Waals surface area contributed by atoms with Crippen molar-refractivity contribution in [2.24, 2.45) is 0 Å². The topological polar surface area (TPSA) is 171 Å². The van der Waals surface area contributed by atoms with Crippen molar-refractivity contribution >= 4 is 30.1 Å². The Kier molecular flexibility index (Phi) is 9.15. The fourth-order valence-electron chi connectivity index (χ4n) is 4.49. The minimum absolute atomic E-state index is 0.318. The zero-order valence-corrected chi connectivity index (χ0v) is 21.8. The monoisotopic (exact) mass is 540 g/mol. The molecular formula is C29H32O10. The molecule has 3 rings (SSSR count). The maximum atomic E-state index is 12.5. The predicted molar refractivity (Wildman–Crippen MR) is 141 cm³/mol. The van der Waals surface area contributed by atoms with Crippen molar-refractivity contribution in [2.45, 2.75) is 63.4 Å². The first-order valence-electron chi connectivity index (χ1n) is 12.3. The van der Waals surface area contributed by atoms with Gasteiger partial charge in [-0.25, -0.2) is 14.4 Å². The van der Waals surface area contributed by atoms with Gasteiger partial charge in [0, 0.05) is 25.0 Å². The molecule has 5 N–H and O–H groups in total. The van der Waals surface area contributed by atoms with Crippen LogP contribution in [0.4, 0.5) is 0 Å². The molecule has 0 aliphatic heterocycles. The van der Waals surface area contributed by atoms with Crippen LogP contribution in [0.5, 0.6) is 11.5 Å². The number of benzene rings is 2. The largest absolute Gasteiger partial charge is 0.504 e. The van der Waals surface area contributed by atoms with Gasteiger partial charge in [0.2, 0.25) is 5.60 Å². The highest BCUT2D eigenvalue weighted by atomic mass is 16.6. The number of carbonyl (C=O) groups is 3.